The van der Waals surface area contributed by atoms with Gasteiger partial charge in [0.25, 0.3) is 0 Å². The highest BCUT2D eigenvalue weighted by molar-refractivity contribution is 7.98. The first-order valence-corrected chi connectivity index (χ1v) is 9.84. The number of halogens is 1. The van der Waals surface area contributed by atoms with Crippen LogP contribution < -0.4 is 14.9 Å². The van der Waals surface area contributed by atoms with Crippen molar-refractivity contribution in [1.82, 2.24) is 9.97 Å². The van der Waals surface area contributed by atoms with E-state index in [1.807, 2.05) is 19.9 Å². The molecular weight excluding hydrogens is 416 g/mol. The topological polar surface area (TPSA) is 91.5 Å². The lowest BCUT2D eigenvalue weighted by molar-refractivity contribution is 0.0725. The summed E-state index contributed by atoms with van der Waals surface area (Å²) in [7, 11) is 1.42. The summed E-state index contributed by atoms with van der Waals surface area (Å²) in [6, 6.07) is 7.67. The van der Waals surface area contributed by atoms with Crippen molar-refractivity contribution < 1.29 is 18.7 Å². The van der Waals surface area contributed by atoms with Crippen molar-refractivity contribution in [2.75, 3.05) is 7.11 Å². The van der Waals surface area contributed by atoms with Gasteiger partial charge in [0.05, 0.1) is 12.9 Å². The fourth-order valence-electron chi connectivity index (χ4n) is 2.48. The van der Waals surface area contributed by atoms with Crippen LogP contribution in [-0.2, 0) is 5.75 Å². The summed E-state index contributed by atoms with van der Waals surface area (Å²) in [4.78, 5) is 33.4. The van der Waals surface area contributed by atoms with Crippen LogP contribution in [0.15, 0.2) is 51.0 Å². The van der Waals surface area contributed by atoms with Gasteiger partial charge in [0.2, 0.25) is 11.2 Å². The zero-order valence-electron chi connectivity index (χ0n) is 15.9. The molecular formula is C20H17ClN2O5S. The second-order valence-corrected chi connectivity index (χ2v) is 7.41. The SMILES string of the molecule is COc1ccc(Cl)cc1C(=O)Oc1coc(CSc2nc(C)cc(C)n2)cc1=O. The zero-order valence-corrected chi connectivity index (χ0v) is 17.5. The van der Waals surface area contributed by atoms with Gasteiger partial charge in [0.1, 0.15) is 23.3 Å². The number of hydrogen-bond donors (Lipinski definition) is 0. The van der Waals surface area contributed by atoms with Crippen molar-refractivity contribution in [1.29, 1.82) is 0 Å². The predicted molar refractivity (Wildman–Crippen MR) is 109 cm³/mol. The van der Waals surface area contributed by atoms with E-state index in [0.29, 0.717) is 21.7 Å². The third-order valence-electron chi connectivity index (χ3n) is 3.74. The molecule has 1 aromatic carbocycles. The minimum atomic E-state index is -0.776. The van der Waals surface area contributed by atoms with Crippen LogP contribution in [0.2, 0.25) is 5.02 Å². The number of thioether (sulfide) groups is 1. The van der Waals surface area contributed by atoms with E-state index in [1.165, 1.54) is 37.1 Å². The molecule has 0 radical (unpaired) electrons. The minimum Gasteiger partial charge on any atom is -0.496 e. The number of esters is 1. The van der Waals surface area contributed by atoms with Crippen LogP contribution in [-0.4, -0.2) is 23.0 Å². The maximum absolute atomic E-state index is 12.4. The monoisotopic (exact) mass is 432 g/mol. The quantitative estimate of drug-likeness (QED) is 0.325. The van der Waals surface area contributed by atoms with Crippen LogP contribution in [0, 0.1) is 13.8 Å². The zero-order chi connectivity index (χ0) is 21.0. The minimum absolute atomic E-state index is 0.103. The first-order chi connectivity index (χ1) is 13.9. The van der Waals surface area contributed by atoms with Gasteiger partial charge in [-0.25, -0.2) is 14.8 Å². The molecule has 0 N–H and O–H groups in total. The molecule has 150 valence electrons. The Hall–Kier alpha value is -2.84. The average molecular weight is 433 g/mol. The van der Waals surface area contributed by atoms with Crippen LogP contribution in [0.25, 0.3) is 0 Å². The fraction of sp³-hybridized carbons (Fsp3) is 0.200. The van der Waals surface area contributed by atoms with Gasteiger partial charge in [-0.05, 0) is 38.1 Å². The van der Waals surface area contributed by atoms with E-state index in [9.17, 15) is 9.59 Å². The molecule has 7 nitrogen and oxygen atoms in total. The van der Waals surface area contributed by atoms with Crippen molar-refractivity contribution >= 4 is 29.3 Å². The van der Waals surface area contributed by atoms with Gasteiger partial charge in [-0.3, -0.25) is 4.79 Å². The summed E-state index contributed by atoms with van der Waals surface area (Å²) in [5, 5.41) is 0.930. The van der Waals surface area contributed by atoms with E-state index in [0.717, 1.165) is 17.7 Å². The molecule has 29 heavy (non-hydrogen) atoms. The number of aryl methyl sites for hydroxylation is 2. The summed E-state index contributed by atoms with van der Waals surface area (Å²) in [6.07, 6.45) is 1.11. The van der Waals surface area contributed by atoms with Crippen LogP contribution in [0.1, 0.15) is 27.5 Å². The number of carbonyl (C=O) groups is 1. The maximum Gasteiger partial charge on any atom is 0.347 e. The Bertz CT molecular complexity index is 1100. The number of carbonyl (C=O) groups excluding carboxylic acids is 1. The number of hydrogen-bond acceptors (Lipinski definition) is 8. The third kappa shape index (κ3) is 5.36. The van der Waals surface area contributed by atoms with Crippen molar-refractivity contribution in [3.05, 3.63) is 74.6 Å². The van der Waals surface area contributed by atoms with Crippen LogP contribution in [0.4, 0.5) is 0 Å². The van der Waals surface area contributed by atoms with Crippen molar-refractivity contribution in [3.63, 3.8) is 0 Å². The molecule has 0 aliphatic heterocycles. The molecule has 0 aliphatic rings. The number of aromatic nitrogens is 2. The molecule has 3 rings (SSSR count). The smallest absolute Gasteiger partial charge is 0.347 e. The largest absolute Gasteiger partial charge is 0.496 e. The number of benzene rings is 1. The molecule has 9 heteroatoms. The number of methoxy groups -OCH3 is 1. The molecule has 3 aromatic rings. The normalized spacial score (nSPS) is 10.6. The Morgan fingerprint density at radius 3 is 2.52 bits per heavy atom. The van der Waals surface area contributed by atoms with E-state index >= 15 is 0 Å². The molecule has 2 aromatic heterocycles. The Morgan fingerprint density at radius 1 is 1.14 bits per heavy atom. The second kappa shape index (κ2) is 9.11. The number of ether oxygens (including phenoxy) is 2. The summed E-state index contributed by atoms with van der Waals surface area (Å²) in [5.41, 5.74) is 1.34. The Labute approximate surface area is 176 Å². The molecule has 0 spiro atoms. The molecule has 0 unspecified atom stereocenters. The van der Waals surface area contributed by atoms with Crippen molar-refractivity contribution in [3.8, 4) is 11.5 Å². The number of nitrogens with zero attached hydrogens (tertiary/aromatic N) is 2. The van der Waals surface area contributed by atoms with Crippen LogP contribution in [0.5, 0.6) is 11.5 Å². The highest BCUT2D eigenvalue weighted by atomic mass is 35.5. The van der Waals surface area contributed by atoms with Crippen molar-refractivity contribution in [2.24, 2.45) is 0 Å². The molecule has 0 saturated carbocycles. The molecule has 2 heterocycles. The Morgan fingerprint density at radius 2 is 1.86 bits per heavy atom. The molecule has 0 fully saturated rings. The van der Waals surface area contributed by atoms with E-state index < -0.39 is 11.4 Å². The first kappa shape index (κ1) is 20.9. The fourth-order valence-corrected chi connectivity index (χ4v) is 3.49. The van der Waals surface area contributed by atoms with Gasteiger partial charge in [-0.2, -0.15) is 0 Å². The second-order valence-electron chi connectivity index (χ2n) is 6.03. The summed E-state index contributed by atoms with van der Waals surface area (Å²) < 4.78 is 15.7. The van der Waals surface area contributed by atoms with Gasteiger partial charge >= 0.3 is 5.97 Å². The van der Waals surface area contributed by atoms with E-state index in [4.69, 9.17) is 25.5 Å². The Kier molecular flexibility index (Phi) is 6.56. The van der Waals surface area contributed by atoms with Gasteiger partial charge < -0.3 is 13.9 Å². The van der Waals surface area contributed by atoms with Crippen LogP contribution >= 0.6 is 23.4 Å². The number of rotatable bonds is 6. The Balaban J connectivity index is 1.72. The lowest BCUT2D eigenvalue weighted by Gasteiger charge is -2.08. The van der Waals surface area contributed by atoms with E-state index in [2.05, 4.69) is 9.97 Å². The standard InChI is InChI=1S/C20H17ClN2O5S/c1-11-6-12(2)23-20(22-11)29-10-14-8-16(24)18(9-27-14)28-19(25)15-7-13(21)4-5-17(15)26-3/h4-9H,10H2,1-3H3. The average Bonchev–Trinajstić information content (AvgIpc) is 2.67. The van der Waals surface area contributed by atoms with Gasteiger partial charge in [0, 0.05) is 22.5 Å². The van der Waals surface area contributed by atoms with Crippen LogP contribution in [0.3, 0.4) is 0 Å². The molecule has 0 aliphatic carbocycles. The first-order valence-electron chi connectivity index (χ1n) is 8.48. The molecule has 0 bridgehead atoms. The highest BCUT2D eigenvalue weighted by Crippen LogP contribution is 2.24. The molecule has 0 amide bonds. The van der Waals surface area contributed by atoms with E-state index in [-0.39, 0.29) is 17.1 Å². The lowest BCUT2D eigenvalue weighted by atomic mass is 10.2. The summed E-state index contributed by atoms with van der Waals surface area (Å²) in [6.45, 7) is 3.77. The highest BCUT2D eigenvalue weighted by Gasteiger charge is 2.17. The molecule has 0 saturated heterocycles. The third-order valence-corrected chi connectivity index (χ3v) is 4.85. The molecule has 0 atom stereocenters. The van der Waals surface area contributed by atoms with Gasteiger partial charge in [-0.15, -0.1) is 0 Å². The summed E-state index contributed by atoms with van der Waals surface area (Å²) >= 11 is 7.26. The predicted octanol–water partition coefficient (Wildman–Crippen LogP) is 4.22. The maximum atomic E-state index is 12.4. The lowest BCUT2D eigenvalue weighted by Crippen LogP contribution is -2.15. The van der Waals surface area contributed by atoms with Gasteiger partial charge in [0.15, 0.2) is 5.16 Å². The van der Waals surface area contributed by atoms with Crippen molar-refractivity contribution in [2.45, 2.75) is 24.8 Å². The van der Waals surface area contributed by atoms with E-state index in [1.54, 1.807) is 6.07 Å². The summed E-state index contributed by atoms with van der Waals surface area (Å²) in [5.74, 6) is 0.0399. The van der Waals surface area contributed by atoms with Gasteiger partial charge in [-0.1, -0.05) is 23.4 Å².